The van der Waals surface area contributed by atoms with Crippen LogP contribution in [0.4, 0.5) is 20.7 Å². The van der Waals surface area contributed by atoms with Crippen LogP contribution in [0.25, 0.3) is 0 Å². The molecule has 0 unspecified atom stereocenters. The van der Waals surface area contributed by atoms with Crippen LogP contribution >= 0.6 is 11.6 Å². The van der Waals surface area contributed by atoms with Crippen LogP contribution in [0.1, 0.15) is 31.2 Å². The molecule has 0 spiro atoms. The maximum Gasteiger partial charge on any atom is 0.260 e. The Balaban J connectivity index is 1.44. The molecule has 6 nitrogen and oxygen atoms in total. The molecule has 2 fully saturated rings. The summed E-state index contributed by atoms with van der Waals surface area (Å²) in [6, 6.07) is 7.96. The van der Waals surface area contributed by atoms with Gasteiger partial charge in [0, 0.05) is 36.6 Å². The third-order valence-electron chi connectivity index (χ3n) is 5.82. The minimum Gasteiger partial charge on any atom is -0.368 e. The second kappa shape index (κ2) is 7.83. The molecule has 0 aliphatic carbocycles. The minimum absolute atomic E-state index is 0.0446. The fourth-order valence-corrected chi connectivity index (χ4v) is 4.49. The van der Waals surface area contributed by atoms with Crippen LogP contribution in [0.2, 0.25) is 5.02 Å². The number of nitrogens with zero attached hydrogens (tertiary/aromatic N) is 4. The highest BCUT2D eigenvalue weighted by Gasteiger charge is 2.43. The Kier molecular flexibility index (Phi) is 5.42. The van der Waals surface area contributed by atoms with Crippen LogP contribution in [0, 0.1) is 0 Å². The number of H-pyrrole nitrogens is 1. The van der Waals surface area contributed by atoms with E-state index in [1.807, 2.05) is 29.2 Å². The molecular formula is C19H25ClF2N6. The lowest BCUT2D eigenvalue weighted by Gasteiger charge is -2.46. The van der Waals surface area contributed by atoms with Gasteiger partial charge in [-0.15, -0.1) is 5.10 Å². The number of nitrogen functional groups attached to an aromatic ring is 1. The van der Waals surface area contributed by atoms with Crippen molar-refractivity contribution in [2.75, 3.05) is 30.3 Å². The second-order valence-electron chi connectivity index (χ2n) is 7.79. The third kappa shape index (κ3) is 4.38. The van der Waals surface area contributed by atoms with E-state index in [2.05, 4.69) is 20.1 Å². The summed E-state index contributed by atoms with van der Waals surface area (Å²) >= 11 is 5.97. The molecule has 2 aliphatic rings. The standard InChI is InChI=1S/C19H25ClF2N6/c20-14-3-1-13(2-4-14)11-16-5-8-19(21,22)12-28(16)15-6-9-27(10-7-15)18-24-17(23)25-26-18/h1-4,15-16H,5-12H2,(H3,23,24,25,26)/t16-/m1/s1. The van der Waals surface area contributed by atoms with Crippen molar-refractivity contribution in [1.82, 2.24) is 20.1 Å². The molecule has 4 rings (SSSR count). The lowest BCUT2D eigenvalue weighted by Crippen LogP contribution is -2.56. The number of alkyl halides is 2. The second-order valence-corrected chi connectivity index (χ2v) is 8.23. The summed E-state index contributed by atoms with van der Waals surface area (Å²) in [5, 5.41) is 7.43. The molecule has 0 radical (unpaired) electrons. The van der Waals surface area contributed by atoms with Crippen LogP contribution in [-0.2, 0) is 6.42 Å². The van der Waals surface area contributed by atoms with Gasteiger partial charge in [-0.3, -0.25) is 4.90 Å². The highest BCUT2D eigenvalue weighted by atomic mass is 35.5. The van der Waals surface area contributed by atoms with Gasteiger partial charge < -0.3 is 10.6 Å². The van der Waals surface area contributed by atoms with Crippen molar-refractivity contribution >= 4 is 23.5 Å². The average Bonchev–Trinajstić information content (AvgIpc) is 3.11. The molecule has 0 amide bonds. The number of likely N-dealkylation sites (tertiary alicyclic amines) is 1. The molecule has 9 heteroatoms. The molecule has 0 bridgehead atoms. The Morgan fingerprint density at radius 1 is 1.18 bits per heavy atom. The van der Waals surface area contributed by atoms with Gasteiger partial charge in [0.25, 0.3) is 5.92 Å². The van der Waals surface area contributed by atoms with Gasteiger partial charge in [0.15, 0.2) is 0 Å². The van der Waals surface area contributed by atoms with Crippen molar-refractivity contribution in [3.05, 3.63) is 34.9 Å². The summed E-state index contributed by atoms with van der Waals surface area (Å²) in [5.74, 6) is -1.75. The summed E-state index contributed by atoms with van der Waals surface area (Å²) in [6.07, 6.45) is 2.85. The van der Waals surface area contributed by atoms with Gasteiger partial charge in [0.2, 0.25) is 11.9 Å². The number of piperidine rings is 2. The molecule has 1 aromatic carbocycles. The molecule has 152 valence electrons. The van der Waals surface area contributed by atoms with E-state index in [0.29, 0.717) is 17.4 Å². The van der Waals surface area contributed by atoms with E-state index in [1.54, 1.807) is 0 Å². The van der Waals surface area contributed by atoms with Gasteiger partial charge in [-0.05, 0) is 43.4 Å². The lowest BCUT2D eigenvalue weighted by molar-refractivity contribution is -0.0978. The molecule has 1 aromatic heterocycles. The number of rotatable bonds is 4. The fourth-order valence-electron chi connectivity index (χ4n) is 4.36. The number of aromatic amines is 1. The summed E-state index contributed by atoms with van der Waals surface area (Å²) in [5.41, 5.74) is 6.74. The van der Waals surface area contributed by atoms with Crippen LogP contribution in [0.15, 0.2) is 24.3 Å². The lowest BCUT2D eigenvalue weighted by atomic mass is 9.90. The van der Waals surface area contributed by atoms with Gasteiger partial charge in [-0.1, -0.05) is 23.7 Å². The van der Waals surface area contributed by atoms with Gasteiger partial charge in [-0.2, -0.15) is 4.98 Å². The molecular weight excluding hydrogens is 386 g/mol. The van der Waals surface area contributed by atoms with E-state index in [-0.39, 0.29) is 31.0 Å². The first-order valence-electron chi connectivity index (χ1n) is 9.70. The van der Waals surface area contributed by atoms with Crippen molar-refractivity contribution in [2.24, 2.45) is 0 Å². The zero-order valence-corrected chi connectivity index (χ0v) is 16.4. The Bertz CT molecular complexity index is 788. The van der Waals surface area contributed by atoms with Crippen LogP contribution in [0.5, 0.6) is 0 Å². The minimum atomic E-state index is -2.62. The van der Waals surface area contributed by atoms with Crippen molar-refractivity contribution in [3.8, 4) is 0 Å². The maximum atomic E-state index is 14.2. The zero-order valence-electron chi connectivity index (χ0n) is 15.6. The normalized spacial score (nSPS) is 23.8. The van der Waals surface area contributed by atoms with E-state index in [4.69, 9.17) is 17.3 Å². The predicted octanol–water partition coefficient (Wildman–Crippen LogP) is 3.35. The number of hydrogen-bond donors (Lipinski definition) is 2. The molecule has 2 saturated heterocycles. The quantitative estimate of drug-likeness (QED) is 0.808. The summed E-state index contributed by atoms with van der Waals surface area (Å²) < 4.78 is 28.4. The zero-order chi connectivity index (χ0) is 19.7. The Morgan fingerprint density at radius 2 is 1.89 bits per heavy atom. The summed E-state index contributed by atoms with van der Waals surface area (Å²) in [4.78, 5) is 8.26. The first kappa shape index (κ1) is 19.4. The molecule has 28 heavy (non-hydrogen) atoms. The summed E-state index contributed by atoms with van der Waals surface area (Å²) in [6.45, 7) is 1.30. The smallest absolute Gasteiger partial charge is 0.260 e. The molecule has 1 atom stereocenters. The maximum absolute atomic E-state index is 14.2. The molecule has 2 aliphatic heterocycles. The topological polar surface area (TPSA) is 74.1 Å². The van der Waals surface area contributed by atoms with Crippen molar-refractivity contribution in [1.29, 1.82) is 0 Å². The SMILES string of the molecule is Nc1nc(N2CCC(N3CC(F)(F)CC[C@@H]3Cc3ccc(Cl)cc3)CC2)n[nH]1. The highest BCUT2D eigenvalue weighted by molar-refractivity contribution is 6.30. The first-order chi connectivity index (χ1) is 13.4. The first-order valence-corrected chi connectivity index (χ1v) is 10.1. The molecule has 3 heterocycles. The van der Waals surface area contributed by atoms with Crippen LogP contribution < -0.4 is 10.6 Å². The van der Waals surface area contributed by atoms with Crippen molar-refractivity contribution in [3.63, 3.8) is 0 Å². The Hall–Kier alpha value is -1.93. The summed E-state index contributed by atoms with van der Waals surface area (Å²) in [7, 11) is 0. The highest BCUT2D eigenvalue weighted by Crippen LogP contribution is 2.35. The van der Waals surface area contributed by atoms with Gasteiger partial charge in [0.1, 0.15) is 0 Å². The number of hydrogen-bond acceptors (Lipinski definition) is 5. The van der Waals surface area contributed by atoms with E-state index in [0.717, 1.165) is 37.9 Å². The van der Waals surface area contributed by atoms with Gasteiger partial charge in [0.05, 0.1) is 6.54 Å². The number of halogens is 3. The van der Waals surface area contributed by atoms with E-state index < -0.39 is 5.92 Å². The number of anilines is 2. The molecule has 0 saturated carbocycles. The number of nitrogens with two attached hydrogens (primary N) is 1. The van der Waals surface area contributed by atoms with E-state index in [1.165, 1.54) is 0 Å². The van der Waals surface area contributed by atoms with Gasteiger partial charge in [-0.25, -0.2) is 13.9 Å². The number of aromatic nitrogens is 3. The third-order valence-corrected chi connectivity index (χ3v) is 6.07. The van der Waals surface area contributed by atoms with Gasteiger partial charge >= 0.3 is 0 Å². The van der Waals surface area contributed by atoms with Crippen LogP contribution in [-0.4, -0.2) is 57.7 Å². The number of benzene rings is 1. The fraction of sp³-hybridized carbons (Fsp3) is 0.579. The predicted molar refractivity (Wildman–Crippen MR) is 106 cm³/mol. The Morgan fingerprint density at radius 3 is 2.54 bits per heavy atom. The van der Waals surface area contributed by atoms with Crippen LogP contribution in [0.3, 0.4) is 0 Å². The van der Waals surface area contributed by atoms with Crippen molar-refractivity contribution < 1.29 is 8.78 Å². The Labute approximate surface area is 168 Å². The monoisotopic (exact) mass is 410 g/mol. The largest absolute Gasteiger partial charge is 0.368 e. The molecule has 3 N–H and O–H groups in total. The molecule has 2 aromatic rings. The van der Waals surface area contributed by atoms with E-state index >= 15 is 0 Å². The average molecular weight is 411 g/mol. The van der Waals surface area contributed by atoms with E-state index in [9.17, 15) is 8.78 Å². The number of nitrogens with one attached hydrogen (secondary N) is 1. The van der Waals surface area contributed by atoms with Crippen molar-refractivity contribution in [2.45, 2.75) is 50.1 Å².